The number of likely N-dealkylation sites (N-methyl/N-ethyl adjacent to an activating group) is 2. The van der Waals surface area contributed by atoms with E-state index in [2.05, 4.69) is 0 Å². The third-order valence-corrected chi connectivity index (χ3v) is 3.27. The molecule has 1 rings (SSSR count). The van der Waals surface area contributed by atoms with E-state index in [0.717, 1.165) is 13.5 Å². The molecule has 0 aliphatic carbocycles. The molecule has 1 saturated heterocycles. The number of nitrogens with zero attached hydrogens (tertiary/aromatic N) is 3. The van der Waals surface area contributed by atoms with Crippen LogP contribution in [0.25, 0.3) is 0 Å². The summed E-state index contributed by atoms with van der Waals surface area (Å²) in [6, 6.07) is -0.409. The Balaban J connectivity index is 2.58. The number of rotatable bonds is 4. The molecule has 0 bridgehead atoms. The zero-order valence-corrected chi connectivity index (χ0v) is 11.9. The fraction of sp³-hybridized carbons (Fsp3) is 0.833. The Hall–Kier alpha value is -1.31. The van der Waals surface area contributed by atoms with Gasteiger partial charge in [0.15, 0.2) is 0 Å². The quantitative estimate of drug-likeness (QED) is 0.761. The lowest BCUT2D eigenvalue weighted by atomic mass is 10.2. The number of carbonyl (C=O) groups excluding carboxylic acids is 2. The van der Waals surface area contributed by atoms with Crippen LogP contribution in [0.1, 0.15) is 12.8 Å². The molecule has 20 heavy (non-hydrogen) atoms. The summed E-state index contributed by atoms with van der Waals surface area (Å²) in [6.45, 7) is -0.876. The lowest BCUT2D eigenvalue weighted by Gasteiger charge is -2.27. The van der Waals surface area contributed by atoms with Gasteiger partial charge in [0, 0.05) is 21.1 Å². The van der Waals surface area contributed by atoms with Gasteiger partial charge in [-0.15, -0.1) is 0 Å². The number of likely N-dealkylation sites (tertiary alicyclic amines) is 1. The third-order valence-electron chi connectivity index (χ3n) is 3.27. The predicted octanol–water partition coefficient (Wildman–Crippen LogP) is 0.560. The summed E-state index contributed by atoms with van der Waals surface area (Å²) in [5.41, 5.74) is 0. The van der Waals surface area contributed by atoms with E-state index in [-0.39, 0.29) is 12.5 Å². The van der Waals surface area contributed by atoms with E-state index in [4.69, 9.17) is 0 Å². The van der Waals surface area contributed by atoms with E-state index in [1.165, 1.54) is 4.90 Å². The molecule has 1 aliphatic rings. The van der Waals surface area contributed by atoms with Crippen LogP contribution < -0.4 is 0 Å². The fourth-order valence-electron chi connectivity index (χ4n) is 2.24. The van der Waals surface area contributed by atoms with Crippen LogP contribution in [0, 0.1) is 0 Å². The predicted molar refractivity (Wildman–Crippen MR) is 67.0 cm³/mol. The number of halogens is 3. The van der Waals surface area contributed by atoms with Crippen LogP contribution in [0.2, 0.25) is 0 Å². The van der Waals surface area contributed by atoms with Gasteiger partial charge in [-0.25, -0.2) is 0 Å². The SMILES string of the molecule is CN(C)C(=O)C1CCCN1CC(=O)N(C)CC(F)(F)F. The van der Waals surface area contributed by atoms with Crippen molar-refractivity contribution in [1.29, 1.82) is 0 Å². The maximum absolute atomic E-state index is 12.2. The smallest absolute Gasteiger partial charge is 0.347 e. The number of hydrogen-bond acceptors (Lipinski definition) is 3. The largest absolute Gasteiger partial charge is 0.406 e. The lowest BCUT2D eigenvalue weighted by molar-refractivity contribution is -0.159. The molecule has 2 amide bonds. The minimum Gasteiger partial charge on any atom is -0.347 e. The Morgan fingerprint density at radius 2 is 1.85 bits per heavy atom. The first kappa shape index (κ1) is 16.7. The molecular formula is C12H20F3N3O2. The van der Waals surface area contributed by atoms with Gasteiger partial charge in [0.05, 0.1) is 12.6 Å². The Morgan fingerprint density at radius 1 is 1.25 bits per heavy atom. The molecule has 0 aromatic rings. The van der Waals surface area contributed by atoms with Gasteiger partial charge in [0.25, 0.3) is 0 Å². The van der Waals surface area contributed by atoms with Crippen molar-refractivity contribution < 1.29 is 22.8 Å². The van der Waals surface area contributed by atoms with Crippen LogP contribution in [-0.4, -0.2) is 79.5 Å². The zero-order valence-electron chi connectivity index (χ0n) is 11.9. The topological polar surface area (TPSA) is 43.9 Å². The molecule has 0 saturated carbocycles. The third kappa shape index (κ3) is 4.66. The molecule has 0 aromatic heterocycles. The van der Waals surface area contributed by atoms with Crippen molar-refractivity contribution in [3.8, 4) is 0 Å². The molecule has 1 aliphatic heterocycles. The molecular weight excluding hydrogens is 275 g/mol. The minimum absolute atomic E-state index is 0.117. The minimum atomic E-state index is -4.41. The number of carbonyl (C=O) groups is 2. The molecule has 0 spiro atoms. The zero-order chi connectivity index (χ0) is 15.5. The normalized spacial score (nSPS) is 20.0. The van der Waals surface area contributed by atoms with Gasteiger partial charge in [-0.3, -0.25) is 14.5 Å². The van der Waals surface area contributed by atoms with Gasteiger partial charge in [0.2, 0.25) is 11.8 Å². The highest BCUT2D eigenvalue weighted by Crippen LogP contribution is 2.20. The monoisotopic (exact) mass is 295 g/mol. The Bertz CT molecular complexity index is 371. The molecule has 1 atom stereocenters. The Labute approximate surface area is 116 Å². The summed E-state index contributed by atoms with van der Waals surface area (Å²) >= 11 is 0. The summed E-state index contributed by atoms with van der Waals surface area (Å²) in [5.74, 6) is -0.741. The van der Waals surface area contributed by atoms with Crippen LogP contribution in [0.5, 0.6) is 0 Å². The summed E-state index contributed by atoms with van der Waals surface area (Å²) in [4.78, 5) is 27.4. The maximum Gasteiger partial charge on any atom is 0.406 e. The Morgan fingerprint density at radius 3 is 2.35 bits per heavy atom. The van der Waals surface area contributed by atoms with Gasteiger partial charge in [-0.1, -0.05) is 0 Å². The second-order valence-corrected chi connectivity index (χ2v) is 5.23. The summed E-state index contributed by atoms with van der Waals surface area (Å²) in [7, 11) is 4.36. The summed E-state index contributed by atoms with van der Waals surface area (Å²) in [6.07, 6.45) is -3.01. The highest BCUT2D eigenvalue weighted by molar-refractivity contribution is 5.83. The van der Waals surface area contributed by atoms with E-state index in [1.54, 1.807) is 19.0 Å². The molecule has 1 unspecified atom stereocenters. The first-order valence-electron chi connectivity index (χ1n) is 6.37. The van der Waals surface area contributed by atoms with Crippen LogP contribution in [-0.2, 0) is 9.59 Å². The molecule has 0 N–H and O–H groups in total. The van der Waals surface area contributed by atoms with E-state index in [0.29, 0.717) is 17.9 Å². The first-order chi connectivity index (χ1) is 9.11. The molecule has 1 heterocycles. The van der Waals surface area contributed by atoms with Crippen LogP contribution in [0.4, 0.5) is 13.2 Å². The second-order valence-electron chi connectivity index (χ2n) is 5.23. The average Bonchev–Trinajstić information content (AvgIpc) is 2.73. The molecule has 116 valence electrons. The van der Waals surface area contributed by atoms with E-state index in [1.807, 2.05) is 0 Å². The molecule has 5 nitrogen and oxygen atoms in total. The summed E-state index contributed by atoms with van der Waals surface area (Å²) in [5, 5.41) is 0. The van der Waals surface area contributed by atoms with Crippen molar-refractivity contribution in [1.82, 2.24) is 14.7 Å². The van der Waals surface area contributed by atoms with Gasteiger partial charge in [-0.05, 0) is 19.4 Å². The van der Waals surface area contributed by atoms with Crippen LogP contribution in [0.3, 0.4) is 0 Å². The highest BCUT2D eigenvalue weighted by Gasteiger charge is 2.35. The number of alkyl halides is 3. The van der Waals surface area contributed by atoms with Crippen molar-refractivity contribution in [2.24, 2.45) is 0 Å². The van der Waals surface area contributed by atoms with Gasteiger partial charge >= 0.3 is 6.18 Å². The van der Waals surface area contributed by atoms with Crippen LogP contribution in [0.15, 0.2) is 0 Å². The molecule has 0 aromatic carbocycles. The lowest BCUT2D eigenvalue weighted by Crippen LogP contribution is -2.48. The fourth-order valence-corrected chi connectivity index (χ4v) is 2.24. The maximum atomic E-state index is 12.2. The van der Waals surface area contributed by atoms with Crippen molar-refractivity contribution in [3.63, 3.8) is 0 Å². The first-order valence-corrected chi connectivity index (χ1v) is 6.37. The molecule has 8 heteroatoms. The standard InChI is InChI=1S/C12H20F3N3O2/c1-16(2)11(20)9-5-4-6-18(9)7-10(19)17(3)8-12(13,14)15/h9H,4-8H2,1-3H3. The van der Waals surface area contributed by atoms with Crippen molar-refractivity contribution >= 4 is 11.8 Å². The van der Waals surface area contributed by atoms with Gasteiger partial charge < -0.3 is 9.80 Å². The number of hydrogen-bond donors (Lipinski definition) is 0. The molecule has 1 fully saturated rings. The van der Waals surface area contributed by atoms with Gasteiger partial charge in [-0.2, -0.15) is 13.2 Å². The average molecular weight is 295 g/mol. The summed E-state index contributed by atoms with van der Waals surface area (Å²) < 4.78 is 36.7. The number of amides is 2. The van der Waals surface area contributed by atoms with Crippen LogP contribution >= 0.6 is 0 Å². The molecule has 0 radical (unpaired) electrons. The van der Waals surface area contributed by atoms with Gasteiger partial charge in [0.1, 0.15) is 6.54 Å². The van der Waals surface area contributed by atoms with Crippen molar-refractivity contribution in [3.05, 3.63) is 0 Å². The van der Waals surface area contributed by atoms with E-state index in [9.17, 15) is 22.8 Å². The second kappa shape index (κ2) is 6.43. The highest BCUT2D eigenvalue weighted by atomic mass is 19.4. The van der Waals surface area contributed by atoms with E-state index >= 15 is 0 Å². The van der Waals surface area contributed by atoms with E-state index < -0.39 is 24.7 Å². The van der Waals surface area contributed by atoms with Crippen molar-refractivity contribution in [2.75, 3.05) is 40.8 Å². The van der Waals surface area contributed by atoms with Crippen molar-refractivity contribution in [2.45, 2.75) is 25.1 Å². The Kier molecular flexibility index (Phi) is 5.38.